The van der Waals surface area contributed by atoms with Crippen LogP contribution in [-0.4, -0.2) is 53.3 Å². The van der Waals surface area contributed by atoms with Gasteiger partial charge in [0.15, 0.2) is 0 Å². The number of nitro benzene ring substituents is 1. The molecule has 1 aliphatic rings. The molecule has 158 valence electrons. The Balaban J connectivity index is 1.68. The summed E-state index contributed by atoms with van der Waals surface area (Å²) in [6, 6.07) is 7.47. The van der Waals surface area contributed by atoms with Gasteiger partial charge in [-0.2, -0.15) is 0 Å². The van der Waals surface area contributed by atoms with Crippen molar-refractivity contribution in [1.29, 1.82) is 0 Å². The van der Waals surface area contributed by atoms with Crippen LogP contribution < -0.4 is 10.2 Å². The molecule has 3 rings (SSSR count). The van der Waals surface area contributed by atoms with Crippen LogP contribution in [0.15, 0.2) is 36.5 Å². The topological polar surface area (TPSA) is 109 Å². The second-order valence-corrected chi connectivity index (χ2v) is 7.55. The van der Waals surface area contributed by atoms with Crippen molar-refractivity contribution in [3.8, 4) is 0 Å². The van der Waals surface area contributed by atoms with Gasteiger partial charge in [-0.3, -0.25) is 19.7 Å². The zero-order valence-corrected chi connectivity index (χ0v) is 17.3. The number of likely N-dealkylation sites (tertiary alicyclic amines) is 1. The average Bonchev–Trinajstić information content (AvgIpc) is 3.21. The van der Waals surface area contributed by atoms with Crippen LogP contribution in [0.4, 0.5) is 11.5 Å². The smallest absolute Gasteiger partial charge is 0.272 e. The van der Waals surface area contributed by atoms with Gasteiger partial charge < -0.3 is 15.1 Å². The van der Waals surface area contributed by atoms with Crippen LogP contribution in [0, 0.1) is 17.0 Å². The van der Waals surface area contributed by atoms with E-state index in [2.05, 4.69) is 10.3 Å². The zero-order chi connectivity index (χ0) is 21.8. The van der Waals surface area contributed by atoms with Crippen LogP contribution in [0.1, 0.15) is 34.3 Å². The molecule has 1 N–H and O–H groups in total. The van der Waals surface area contributed by atoms with Crippen molar-refractivity contribution in [1.82, 2.24) is 15.2 Å². The van der Waals surface area contributed by atoms with Crippen LogP contribution >= 0.6 is 0 Å². The predicted molar refractivity (Wildman–Crippen MR) is 112 cm³/mol. The van der Waals surface area contributed by atoms with E-state index in [1.54, 1.807) is 18.0 Å². The number of hydrogen-bond acceptors (Lipinski definition) is 6. The Morgan fingerprint density at radius 3 is 2.73 bits per heavy atom. The maximum Gasteiger partial charge on any atom is 0.272 e. The molecule has 2 amide bonds. The standard InChI is InChI=1S/C21H25N5O4/c1-14-11-16(6-7-17(14)26(29)30)21(28)25-10-4-5-18(25)20(27)23-13-15-8-9-22-19(12-15)24(2)3/h6-9,11-12,18H,4-5,10,13H2,1-3H3,(H,23,27). The Morgan fingerprint density at radius 2 is 2.07 bits per heavy atom. The van der Waals surface area contributed by atoms with Crippen molar-refractivity contribution >= 4 is 23.3 Å². The quantitative estimate of drug-likeness (QED) is 0.577. The van der Waals surface area contributed by atoms with E-state index >= 15 is 0 Å². The first-order valence-electron chi connectivity index (χ1n) is 9.74. The summed E-state index contributed by atoms with van der Waals surface area (Å²) in [6.45, 7) is 2.42. The van der Waals surface area contributed by atoms with Crippen molar-refractivity contribution in [2.75, 3.05) is 25.5 Å². The van der Waals surface area contributed by atoms with Gasteiger partial charge in [0, 0.05) is 50.6 Å². The van der Waals surface area contributed by atoms with Gasteiger partial charge in [-0.25, -0.2) is 4.98 Å². The summed E-state index contributed by atoms with van der Waals surface area (Å²) in [5, 5.41) is 13.9. The summed E-state index contributed by atoms with van der Waals surface area (Å²) in [5.74, 6) is 0.306. The number of benzene rings is 1. The summed E-state index contributed by atoms with van der Waals surface area (Å²) >= 11 is 0. The minimum Gasteiger partial charge on any atom is -0.363 e. The Morgan fingerprint density at radius 1 is 1.30 bits per heavy atom. The van der Waals surface area contributed by atoms with E-state index in [-0.39, 0.29) is 17.5 Å². The van der Waals surface area contributed by atoms with Crippen LogP contribution in [0.2, 0.25) is 0 Å². The summed E-state index contributed by atoms with van der Waals surface area (Å²) in [5.41, 5.74) is 1.66. The Kier molecular flexibility index (Phi) is 6.29. The average molecular weight is 411 g/mol. The molecule has 0 bridgehead atoms. The third-order valence-corrected chi connectivity index (χ3v) is 5.19. The molecule has 1 aromatic carbocycles. The fourth-order valence-electron chi connectivity index (χ4n) is 3.56. The third-order valence-electron chi connectivity index (χ3n) is 5.19. The third kappa shape index (κ3) is 4.56. The molecule has 1 atom stereocenters. The number of rotatable bonds is 6. The molecule has 2 heterocycles. The molecule has 1 aliphatic heterocycles. The molecule has 1 fully saturated rings. The highest BCUT2D eigenvalue weighted by Crippen LogP contribution is 2.24. The number of carbonyl (C=O) groups excluding carboxylic acids is 2. The van der Waals surface area contributed by atoms with E-state index in [1.807, 2.05) is 31.1 Å². The van der Waals surface area contributed by atoms with Crippen molar-refractivity contribution < 1.29 is 14.5 Å². The van der Waals surface area contributed by atoms with E-state index in [0.717, 1.165) is 17.8 Å². The number of nitro groups is 1. The summed E-state index contributed by atoms with van der Waals surface area (Å²) < 4.78 is 0. The monoisotopic (exact) mass is 411 g/mol. The molecule has 1 aromatic heterocycles. The lowest BCUT2D eigenvalue weighted by molar-refractivity contribution is -0.385. The van der Waals surface area contributed by atoms with Gasteiger partial charge in [-0.1, -0.05) is 0 Å². The molecule has 1 unspecified atom stereocenters. The van der Waals surface area contributed by atoms with Crippen LogP contribution in [0.3, 0.4) is 0 Å². The van der Waals surface area contributed by atoms with Crippen molar-refractivity contribution in [3.05, 3.63) is 63.3 Å². The lowest BCUT2D eigenvalue weighted by atomic mass is 10.1. The molecule has 2 aromatic rings. The second kappa shape index (κ2) is 8.89. The maximum atomic E-state index is 13.0. The lowest BCUT2D eigenvalue weighted by Crippen LogP contribution is -2.45. The van der Waals surface area contributed by atoms with Crippen LogP contribution in [0.25, 0.3) is 0 Å². The number of carbonyl (C=O) groups is 2. The molecular weight excluding hydrogens is 386 g/mol. The highest BCUT2D eigenvalue weighted by atomic mass is 16.6. The lowest BCUT2D eigenvalue weighted by Gasteiger charge is -2.24. The van der Waals surface area contributed by atoms with Gasteiger partial charge in [-0.05, 0) is 49.6 Å². The first-order chi connectivity index (χ1) is 14.3. The summed E-state index contributed by atoms with van der Waals surface area (Å²) in [7, 11) is 3.79. The molecule has 0 saturated carbocycles. The van der Waals surface area contributed by atoms with Gasteiger partial charge in [0.05, 0.1) is 4.92 Å². The second-order valence-electron chi connectivity index (χ2n) is 7.55. The molecule has 9 nitrogen and oxygen atoms in total. The molecule has 9 heteroatoms. The molecule has 1 saturated heterocycles. The number of nitrogens with one attached hydrogen (secondary N) is 1. The van der Waals surface area contributed by atoms with E-state index in [9.17, 15) is 19.7 Å². The number of nitrogens with zero attached hydrogens (tertiary/aromatic N) is 4. The van der Waals surface area contributed by atoms with Gasteiger partial charge in [-0.15, -0.1) is 0 Å². The molecular formula is C21H25N5O4. The highest BCUT2D eigenvalue weighted by Gasteiger charge is 2.34. The predicted octanol–water partition coefficient (Wildman–Crippen LogP) is 2.29. The number of aryl methyl sites for hydroxylation is 1. The molecule has 0 radical (unpaired) electrons. The minimum absolute atomic E-state index is 0.0308. The first kappa shape index (κ1) is 21.2. The minimum atomic E-state index is -0.553. The largest absolute Gasteiger partial charge is 0.363 e. The van der Waals surface area contributed by atoms with E-state index in [0.29, 0.717) is 30.6 Å². The van der Waals surface area contributed by atoms with Crippen molar-refractivity contribution in [2.45, 2.75) is 32.4 Å². The van der Waals surface area contributed by atoms with Crippen molar-refractivity contribution in [3.63, 3.8) is 0 Å². The van der Waals surface area contributed by atoms with E-state index in [1.165, 1.54) is 18.2 Å². The van der Waals surface area contributed by atoms with Crippen molar-refractivity contribution in [2.24, 2.45) is 0 Å². The Labute approximate surface area is 174 Å². The molecule has 0 spiro atoms. The van der Waals surface area contributed by atoms with E-state index in [4.69, 9.17) is 0 Å². The van der Waals surface area contributed by atoms with E-state index < -0.39 is 11.0 Å². The number of hydrogen-bond donors (Lipinski definition) is 1. The van der Waals surface area contributed by atoms with Gasteiger partial charge >= 0.3 is 0 Å². The Hall–Kier alpha value is -3.49. The maximum absolute atomic E-state index is 13.0. The van der Waals surface area contributed by atoms with Crippen LogP contribution in [0.5, 0.6) is 0 Å². The normalized spacial score (nSPS) is 15.7. The summed E-state index contributed by atoms with van der Waals surface area (Å²) in [4.78, 5) is 43.9. The molecule has 30 heavy (non-hydrogen) atoms. The zero-order valence-electron chi connectivity index (χ0n) is 17.3. The number of anilines is 1. The fourth-order valence-corrected chi connectivity index (χ4v) is 3.56. The highest BCUT2D eigenvalue weighted by molar-refractivity contribution is 5.98. The number of aromatic nitrogens is 1. The summed E-state index contributed by atoms with van der Waals surface area (Å²) in [6.07, 6.45) is 3.01. The number of pyridine rings is 1. The van der Waals surface area contributed by atoms with Gasteiger partial charge in [0.1, 0.15) is 11.9 Å². The number of amides is 2. The SMILES string of the molecule is Cc1cc(C(=O)N2CCCC2C(=O)NCc2ccnc(N(C)C)c2)ccc1[N+](=O)[O-]. The fraction of sp³-hybridized carbons (Fsp3) is 0.381. The Bertz CT molecular complexity index is 976. The van der Waals surface area contributed by atoms with Crippen LogP contribution in [-0.2, 0) is 11.3 Å². The molecule has 0 aliphatic carbocycles. The first-order valence-corrected chi connectivity index (χ1v) is 9.74. The van der Waals surface area contributed by atoms with Gasteiger partial charge in [0.25, 0.3) is 11.6 Å². The van der Waals surface area contributed by atoms with Gasteiger partial charge in [0.2, 0.25) is 5.91 Å².